The molecule has 6 heteroatoms. The van der Waals surface area contributed by atoms with E-state index in [1.807, 2.05) is 0 Å². The largest absolute Gasteiger partial charge is 0.494 e. The number of carbonyl (C=O) groups is 1. The molecule has 21 heavy (non-hydrogen) atoms. The molecular formula is C15H17N3O3. The van der Waals surface area contributed by atoms with Crippen LogP contribution < -0.4 is 21.3 Å². The molecule has 0 unspecified atom stereocenters. The third-order valence-corrected chi connectivity index (χ3v) is 3.02. The molecule has 0 saturated carbocycles. The number of hydrogen-bond acceptors (Lipinski definition) is 4. The molecule has 0 aliphatic carbocycles. The highest BCUT2D eigenvalue weighted by Crippen LogP contribution is 2.26. The monoisotopic (exact) mass is 287 g/mol. The number of carbonyl (C=O) groups excluding carboxylic acids is 1. The van der Waals surface area contributed by atoms with Gasteiger partial charge in [0.25, 0.3) is 5.56 Å². The topological polar surface area (TPSA) is 86.3 Å². The van der Waals surface area contributed by atoms with E-state index in [1.54, 1.807) is 43.5 Å². The van der Waals surface area contributed by atoms with Gasteiger partial charge >= 0.3 is 0 Å². The second-order valence-electron chi connectivity index (χ2n) is 4.63. The molecule has 0 fully saturated rings. The van der Waals surface area contributed by atoms with Crippen molar-refractivity contribution in [3.05, 3.63) is 52.4 Å². The number of hydrogen-bond donors (Lipinski definition) is 2. The summed E-state index contributed by atoms with van der Waals surface area (Å²) in [4.78, 5) is 23.9. The summed E-state index contributed by atoms with van der Waals surface area (Å²) in [6.07, 6.45) is 1.58. The Morgan fingerprint density at radius 1 is 1.38 bits per heavy atom. The lowest BCUT2D eigenvalue weighted by atomic mass is 10.2. The molecule has 0 aliphatic rings. The number of benzene rings is 1. The van der Waals surface area contributed by atoms with Gasteiger partial charge in [-0.3, -0.25) is 9.59 Å². The molecule has 110 valence electrons. The number of amides is 1. The third kappa shape index (κ3) is 3.42. The Balaban J connectivity index is 2.16. The zero-order valence-electron chi connectivity index (χ0n) is 11.9. The highest BCUT2D eigenvalue weighted by atomic mass is 16.5. The highest BCUT2D eigenvalue weighted by Gasteiger charge is 2.09. The van der Waals surface area contributed by atoms with Crippen LogP contribution in [0.5, 0.6) is 5.75 Å². The summed E-state index contributed by atoms with van der Waals surface area (Å²) in [5, 5.41) is 2.70. The average molecular weight is 287 g/mol. The molecule has 0 aliphatic heterocycles. The van der Waals surface area contributed by atoms with E-state index in [2.05, 4.69) is 5.32 Å². The smallest absolute Gasteiger partial charge is 0.253 e. The van der Waals surface area contributed by atoms with Gasteiger partial charge in [-0.25, -0.2) is 0 Å². The summed E-state index contributed by atoms with van der Waals surface area (Å²) < 4.78 is 6.51. The molecule has 0 spiro atoms. The van der Waals surface area contributed by atoms with E-state index in [0.29, 0.717) is 22.7 Å². The van der Waals surface area contributed by atoms with Crippen molar-refractivity contribution in [1.29, 1.82) is 0 Å². The lowest BCUT2D eigenvalue weighted by Gasteiger charge is -2.11. The van der Waals surface area contributed by atoms with Crippen LogP contribution in [-0.2, 0) is 11.3 Å². The van der Waals surface area contributed by atoms with Gasteiger partial charge in [-0.1, -0.05) is 6.07 Å². The molecule has 1 amide bonds. The van der Waals surface area contributed by atoms with E-state index in [1.165, 1.54) is 11.7 Å². The first-order chi connectivity index (χ1) is 10.0. The molecule has 0 atom stereocenters. The summed E-state index contributed by atoms with van der Waals surface area (Å²) in [6.45, 7) is 1.65. The number of nitrogens with zero attached hydrogens (tertiary/aromatic N) is 1. The molecule has 2 rings (SSSR count). The van der Waals surface area contributed by atoms with Crippen LogP contribution in [-0.4, -0.2) is 17.6 Å². The van der Waals surface area contributed by atoms with Crippen LogP contribution in [0.2, 0.25) is 0 Å². The van der Waals surface area contributed by atoms with E-state index >= 15 is 0 Å². The van der Waals surface area contributed by atoms with Gasteiger partial charge in [0.1, 0.15) is 12.3 Å². The maximum absolute atomic E-state index is 12.0. The Labute approximate surface area is 122 Å². The first kappa shape index (κ1) is 14.6. The lowest BCUT2D eigenvalue weighted by Crippen LogP contribution is -2.28. The van der Waals surface area contributed by atoms with Gasteiger partial charge in [0.05, 0.1) is 12.8 Å². The minimum atomic E-state index is -0.314. The summed E-state index contributed by atoms with van der Waals surface area (Å²) in [5.41, 5.74) is 7.12. The van der Waals surface area contributed by atoms with E-state index < -0.39 is 0 Å². The average Bonchev–Trinajstić information content (AvgIpc) is 2.45. The summed E-state index contributed by atoms with van der Waals surface area (Å²) >= 11 is 0. The van der Waals surface area contributed by atoms with Crippen LogP contribution in [0.1, 0.15) is 5.56 Å². The molecule has 1 aromatic carbocycles. The highest BCUT2D eigenvalue weighted by molar-refractivity contribution is 5.92. The van der Waals surface area contributed by atoms with Crippen LogP contribution in [0.15, 0.2) is 41.3 Å². The summed E-state index contributed by atoms with van der Waals surface area (Å²) in [5.74, 6) is 0.158. The molecule has 1 heterocycles. The van der Waals surface area contributed by atoms with Crippen molar-refractivity contribution in [3.63, 3.8) is 0 Å². The maximum Gasteiger partial charge on any atom is 0.253 e. The summed E-state index contributed by atoms with van der Waals surface area (Å²) in [7, 11) is 1.50. The number of ether oxygens (including phenoxy) is 1. The van der Waals surface area contributed by atoms with E-state index in [-0.39, 0.29) is 18.0 Å². The zero-order valence-corrected chi connectivity index (χ0v) is 11.9. The van der Waals surface area contributed by atoms with Crippen LogP contribution in [0, 0.1) is 6.92 Å². The van der Waals surface area contributed by atoms with E-state index in [0.717, 1.165) is 0 Å². The number of aryl methyl sites for hydroxylation is 1. The zero-order chi connectivity index (χ0) is 15.4. The second kappa shape index (κ2) is 6.13. The standard InChI is InChI=1S/C15H17N3O3/c1-10-4-3-7-18(15(10)20)9-14(19)17-12-6-5-11(16)8-13(12)21-2/h3-8H,9,16H2,1-2H3,(H,17,19). The number of nitrogens with one attached hydrogen (secondary N) is 1. The minimum Gasteiger partial charge on any atom is -0.494 e. The predicted octanol–water partition coefficient (Wildman–Crippen LogP) is 1.39. The van der Waals surface area contributed by atoms with Gasteiger partial charge in [-0.2, -0.15) is 0 Å². The van der Waals surface area contributed by atoms with Crippen molar-refractivity contribution >= 4 is 17.3 Å². The number of nitrogen functional groups attached to an aromatic ring is 1. The molecule has 6 nitrogen and oxygen atoms in total. The second-order valence-corrected chi connectivity index (χ2v) is 4.63. The Morgan fingerprint density at radius 3 is 2.86 bits per heavy atom. The Morgan fingerprint density at radius 2 is 2.14 bits per heavy atom. The molecule has 1 aromatic heterocycles. The fourth-order valence-corrected chi connectivity index (χ4v) is 1.94. The van der Waals surface area contributed by atoms with E-state index in [4.69, 9.17) is 10.5 Å². The minimum absolute atomic E-state index is 0.0615. The van der Waals surface area contributed by atoms with Crippen LogP contribution in [0.25, 0.3) is 0 Å². The number of anilines is 2. The third-order valence-electron chi connectivity index (χ3n) is 3.02. The van der Waals surface area contributed by atoms with Gasteiger partial charge < -0.3 is 20.4 Å². The number of nitrogens with two attached hydrogens (primary N) is 1. The Bertz CT molecular complexity index is 722. The predicted molar refractivity (Wildman–Crippen MR) is 81.5 cm³/mol. The number of methoxy groups -OCH3 is 1. The molecule has 0 radical (unpaired) electrons. The van der Waals surface area contributed by atoms with Crippen LogP contribution in [0.4, 0.5) is 11.4 Å². The van der Waals surface area contributed by atoms with Crippen molar-refractivity contribution in [2.75, 3.05) is 18.2 Å². The quantitative estimate of drug-likeness (QED) is 0.832. The maximum atomic E-state index is 12.0. The molecule has 0 saturated heterocycles. The molecule has 2 aromatic rings. The fourth-order valence-electron chi connectivity index (χ4n) is 1.94. The number of aromatic nitrogens is 1. The lowest BCUT2D eigenvalue weighted by molar-refractivity contribution is -0.116. The van der Waals surface area contributed by atoms with Gasteiger partial charge in [-0.05, 0) is 25.1 Å². The van der Waals surface area contributed by atoms with Gasteiger partial charge in [-0.15, -0.1) is 0 Å². The summed E-state index contributed by atoms with van der Waals surface area (Å²) in [6, 6.07) is 8.38. The van der Waals surface area contributed by atoms with Gasteiger partial charge in [0.15, 0.2) is 0 Å². The SMILES string of the molecule is COc1cc(N)ccc1NC(=O)Cn1cccc(C)c1=O. The fraction of sp³-hybridized carbons (Fsp3) is 0.200. The van der Waals surface area contributed by atoms with Gasteiger partial charge in [0, 0.05) is 23.5 Å². The van der Waals surface area contributed by atoms with Gasteiger partial charge in [0.2, 0.25) is 5.91 Å². The van der Waals surface area contributed by atoms with Crippen molar-refractivity contribution in [2.45, 2.75) is 13.5 Å². The van der Waals surface area contributed by atoms with Crippen molar-refractivity contribution in [3.8, 4) is 5.75 Å². The number of pyridine rings is 1. The number of rotatable bonds is 4. The van der Waals surface area contributed by atoms with E-state index in [9.17, 15) is 9.59 Å². The first-order valence-corrected chi connectivity index (χ1v) is 6.40. The van der Waals surface area contributed by atoms with Crippen molar-refractivity contribution in [2.24, 2.45) is 0 Å². The normalized spacial score (nSPS) is 10.2. The molecule has 3 N–H and O–H groups in total. The van der Waals surface area contributed by atoms with Crippen molar-refractivity contribution < 1.29 is 9.53 Å². The van der Waals surface area contributed by atoms with Crippen LogP contribution in [0.3, 0.4) is 0 Å². The Hall–Kier alpha value is -2.76. The Kier molecular flexibility index (Phi) is 4.27. The first-order valence-electron chi connectivity index (χ1n) is 6.40. The van der Waals surface area contributed by atoms with Crippen molar-refractivity contribution in [1.82, 2.24) is 4.57 Å². The van der Waals surface area contributed by atoms with Crippen LogP contribution >= 0.6 is 0 Å². The molecule has 0 bridgehead atoms. The molecular weight excluding hydrogens is 270 g/mol.